The molecule has 0 aliphatic heterocycles. The van der Waals surface area contributed by atoms with E-state index in [1.165, 1.54) is 11.8 Å². The number of benzene rings is 1. The molecule has 100 valence electrons. The van der Waals surface area contributed by atoms with Gasteiger partial charge in [-0.05, 0) is 24.6 Å². The molecule has 0 aliphatic carbocycles. The summed E-state index contributed by atoms with van der Waals surface area (Å²) in [6.07, 6.45) is 1.60. The Kier molecular flexibility index (Phi) is 4.06. The van der Waals surface area contributed by atoms with Crippen molar-refractivity contribution in [3.05, 3.63) is 30.1 Å². The quantitative estimate of drug-likeness (QED) is 0.652. The standard InChI is InChI=1S/C12H15N5OS/c1-8-9(13)4-3-5-10(8)15-11(18)6-19-12-16-14-7-17(12)2/h3-5,7H,6,13H2,1-2H3,(H,15,18). The van der Waals surface area contributed by atoms with Crippen molar-refractivity contribution >= 4 is 29.0 Å². The van der Waals surface area contributed by atoms with Crippen molar-refractivity contribution in [3.8, 4) is 0 Å². The molecule has 6 nitrogen and oxygen atoms in total. The fraction of sp³-hybridized carbons (Fsp3) is 0.250. The Balaban J connectivity index is 1.95. The van der Waals surface area contributed by atoms with Gasteiger partial charge in [-0.2, -0.15) is 0 Å². The van der Waals surface area contributed by atoms with Gasteiger partial charge in [0.15, 0.2) is 5.16 Å². The van der Waals surface area contributed by atoms with E-state index in [4.69, 9.17) is 5.73 Å². The van der Waals surface area contributed by atoms with Crippen molar-refractivity contribution in [1.82, 2.24) is 14.8 Å². The average Bonchev–Trinajstić information content (AvgIpc) is 2.78. The molecule has 1 aromatic heterocycles. The molecule has 0 unspecified atom stereocenters. The fourth-order valence-electron chi connectivity index (χ4n) is 1.51. The van der Waals surface area contributed by atoms with Crippen LogP contribution in [0.15, 0.2) is 29.7 Å². The molecular weight excluding hydrogens is 262 g/mol. The number of aryl methyl sites for hydroxylation is 1. The van der Waals surface area contributed by atoms with Crippen LogP contribution in [-0.2, 0) is 11.8 Å². The molecule has 0 saturated heterocycles. The lowest BCUT2D eigenvalue weighted by molar-refractivity contribution is -0.113. The van der Waals surface area contributed by atoms with Crippen molar-refractivity contribution in [2.75, 3.05) is 16.8 Å². The minimum atomic E-state index is -0.0956. The van der Waals surface area contributed by atoms with Crippen LogP contribution < -0.4 is 11.1 Å². The van der Waals surface area contributed by atoms with Gasteiger partial charge in [-0.3, -0.25) is 4.79 Å². The van der Waals surface area contributed by atoms with E-state index >= 15 is 0 Å². The molecule has 19 heavy (non-hydrogen) atoms. The van der Waals surface area contributed by atoms with Crippen LogP contribution in [0.3, 0.4) is 0 Å². The molecule has 0 aliphatic rings. The highest BCUT2D eigenvalue weighted by Gasteiger charge is 2.09. The average molecular weight is 277 g/mol. The Bertz CT molecular complexity index is 596. The van der Waals surface area contributed by atoms with Gasteiger partial charge in [0.25, 0.3) is 0 Å². The molecule has 0 atom stereocenters. The second-order valence-corrected chi connectivity index (χ2v) is 5.02. The molecule has 1 aromatic carbocycles. The van der Waals surface area contributed by atoms with Gasteiger partial charge in [0, 0.05) is 18.4 Å². The van der Waals surface area contributed by atoms with Gasteiger partial charge in [-0.1, -0.05) is 17.8 Å². The lowest BCUT2D eigenvalue weighted by Gasteiger charge is -2.09. The van der Waals surface area contributed by atoms with Gasteiger partial charge in [0.1, 0.15) is 6.33 Å². The highest BCUT2D eigenvalue weighted by molar-refractivity contribution is 7.99. The number of nitrogen functional groups attached to an aromatic ring is 1. The van der Waals surface area contributed by atoms with Crippen molar-refractivity contribution in [2.24, 2.45) is 7.05 Å². The molecular formula is C12H15N5OS. The smallest absolute Gasteiger partial charge is 0.234 e. The summed E-state index contributed by atoms with van der Waals surface area (Å²) in [7, 11) is 1.84. The van der Waals surface area contributed by atoms with E-state index in [2.05, 4.69) is 15.5 Å². The van der Waals surface area contributed by atoms with Crippen LogP contribution in [0.4, 0.5) is 11.4 Å². The summed E-state index contributed by atoms with van der Waals surface area (Å²) in [5, 5.41) is 11.2. The molecule has 0 fully saturated rings. The molecule has 2 rings (SSSR count). The van der Waals surface area contributed by atoms with E-state index in [1.807, 2.05) is 26.1 Å². The van der Waals surface area contributed by atoms with Gasteiger partial charge in [0.05, 0.1) is 5.75 Å². The second kappa shape index (κ2) is 5.75. The minimum Gasteiger partial charge on any atom is -0.398 e. The second-order valence-electron chi connectivity index (χ2n) is 4.08. The highest BCUT2D eigenvalue weighted by atomic mass is 32.2. The summed E-state index contributed by atoms with van der Waals surface area (Å²) in [6, 6.07) is 5.45. The number of carbonyl (C=O) groups is 1. The maximum atomic E-state index is 11.9. The highest BCUT2D eigenvalue weighted by Crippen LogP contribution is 2.21. The summed E-state index contributed by atoms with van der Waals surface area (Å²) in [5.41, 5.74) is 8.07. The zero-order valence-corrected chi connectivity index (χ0v) is 11.6. The van der Waals surface area contributed by atoms with Crippen molar-refractivity contribution in [1.29, 1.82) is 0 Å². The van der Waals surface area contributed by atoms with E-state index in [-0.39, 0.29) is 11.7 Å². The van der Waals surface area contributed by atoms with E-state index in [1.54, 1.807) is 17.0 Å². The Morgan fingerprint density at radius 1 is 1.53 bits per heavy atom. The summed E-state index contributed by atoms with van der Waals surface area (Å²) in [6.45, 7) is 1.88. The number of nitrogens with zero attached hydrogens (tertiary/aromatic N) is 3. The predicted octanol–water partition coefficient (Wildman–Crippen LogP) is 1.44. The molecule has 0 spiro atoms. The van der Waals surface area contributed by atoms with Gasteiger partial charge in [-0.15, -0.1) is 10.2 Å². The number of rotatable bonds is 4. The van der Waals surface area contributed by atoms with Crippen molar-refractivity contribution < 1.29 is 4.79 Å². The number of anilines is 2. The molecule has 0 radical (unpaired) electrons. The number of hydrogen-bond acceptors (Lipinski definition) is 5. The Hall–Kier alpha value is -2.02. The molecule has 0 saturated carbocycles. The fourth-order valence-corrected chi connectivity index (χ4v) is 2.20. The number of carbonyl (C=O) groups excluding carboxylic acids is 1. The van der Waals surface area contributed by atoms with E-state index in [0.29, 0.717) is 10.8 Å². The number of thioether (sulfide) groups is 1. The summed E-state index contributed by atoms with van der Waals surface area (Å²) < 4.78 is 1.77. The third kappa shape index (κ3) is 3.25. The van der Waals surface area contributed by atoms with Crippen LogP contribution in [0.25, 0.3) is 0 Å². The first-order valence-electron chi connectivity index (χ1n) is 5.69. The monoisotopic (exact) mass is 277 g/mol. The van der Waals surface area contributed by atoms with Gasteiger partial charge in [-0.25, -0.2) is 0 Å². The van der Waals surface area contributed by atoms with E-state index in [0.717, 1.165) is 11.3 Å². The number of hydrogen-bond donors (Lipinski definition) is 2. The van der Waals surface area contributed by atoms with E-state index in [9.17, 15) is 4.79 Å². The van der Waals surface area contributed by atoms with Gasteiger partial charge >= 0.3 is 0 Å². The zero-order chi connectivity index (χ0) is 13.8. The predicted molar refractivity (Wildman–Crippen MR) is 75.9 cm³/mol. The van der Waals surface area contributed by atoms with E-state index < -0.39 is 0 Å². The zero-order valence-electron chi connectivity index (χ0n) is 10.8. The summed E-state index contributed by atoms with van der Waals surface area (Å²) >= 11 is 1.34. The number of nitrogens with one attached hydrogen (secondary N) is 1. The normalized spacial score (nSPS) is 10.4. The van der Waals surface area contributed by atoms with Crippen LogP contribution in [0.5, 0.6) is 0 Å². The largest absolute Gasteiger partial charge is 0.398 e. The maximum absolute atomic E-state index is 11.9. The minimum absolute atomic E-state index is 0.0956. The number of aromatic nitrogens is 3. The SMILES string of the molecule is Cc1c(N)cccc1NC(=O)CSc1nncn1C. The van der Waals surface area contributed by atoms with Crippen LogP contribution in [0.1, 0.15) is 5.56 Å². The topological polar surface area (TPSA) is 85.8 Å². The van der Waals surface area contributed by atoms with Crippen molar-refractivity contribution in [2.45, 2.75) is 12.1 Å². The van der Waals surface area contributed by atoms with Crippen LogP contribution in [0, 0.1) is 6.92 Å². The Morgan fingerprint density at radius 2 is 2.32 bits per heavy atom. The van der Waals surface area contributed by atoms with Gasteiger partial charge in [0.2, 0.25) is 5.91 Å². The molecule has 2 aromatic rings. The Labute approximate surface area is 115 Å². The lowest BCUT2D eigenvalue weighted by Crippen LogP contribution is -2.15. The number of amides is 1. The summed E-state index contributed by atoms with van der Waals surface area (Å²) in [4.78, 5) is 11.9. The first-order valence-corrected chi connectivity index (χ1v) is 6.68. The third-order valence-corrected chi connectivity index (χ3v) is 3.69. The van der Waals surface area contributed by atoms with Crippen LogP contribution in [-0.4, -0.2) is 26.4 Å². The molecule has 3 N–H and O–H groups in total. The molecule has 7 heteroatoms. The maximum Gasteiger partial charge on any atom is 0.234 e. The third-order valence-electron chi connectivity index (χ3n) is 2.65. The lowest BCUT2D eigenvalue weighted by atomic mass is 10.1. The van der Waals surface area contributed by atoms with Crippen molar-refractivity contribution in [3.63, 3.8) is 0 Å². The van der Waals surface area contributed by atoms with Gasteiger partial charge < -0.3 is 15.6 Å². The first-order chi connectivity index (χ1) is 9.08. The molecule has 1 heterocycles. The van der Waals surface area contributed by atoms with Crippen LogP contribution >= 0.6 is 11.8 Å². The molecule has 0 bridgehead atoms. The van der Waals surface area contributed by atoms with Crippen LogP contribution in [0.2, 0.25) is 0 Å². The summed E-state index contributed by atoms with van der Waals surface area (Å²) in [5.74, 6) is 0.183. The number of nitrogens with two attached hydrogens (primary N) is 1. The Morgan fingerprint density at radius 3 is 3.00 bits per heavy atom. The first kappa shape index (κ1) is 13.4. The molecule has 1 amide bonds.